The van der Waals surface area contributed by atoms with Crippen LogP contribution in [0.5, 0.6) is 11.5 Å². The Morgan fingerprint density at radius 2 is 1.87 bits per heavy atom. The zero-order valence-corrected chi connectivity index (χ0v) is 16.5. The first-order valence-corrected chi connectivity index (χ1v) is 9.40. The number of allylic oxidation sites excluding steroid dienone is 1. The van der Waals surface area contributed by atoms with E-state index in [-0.39, 0.29) is 39.1 Å². The maximum atomic E-state index is 14.6. The van der Waals surface area contributed by atoms with Crippen LogP contribution in [0.3, 0.4) is 0 Å². The largest absolute Gasteiger partial charge is 0.440 e. The highest BCUT2D eigenvalue weighted by atomic mass is 35.5. The van der Waals surface area contributed by atoms with Crippen molar-refractivity contribution in [3.8, 4) is 17.6 Å². The van der Waals surface area contributed by atoms with Crippen LogP contribution in [0.1, 0.15) is 27.4 Å². The second-order valence-corrected chi connectivity index (χ2v) is 7.06. The summed E-state index contributed by atoms with van der Waals surface area (Å²) in [6, 6.07) is 15.5. The molecule has 4 rings (SSSR count). The maximum Gasteiger partial charge on any atom is 0.343 e. The van der Waals surface area contributed by atoms with Gasteiger partial charge in [0, 0.05) is 22.2 Å². The van der Waals surface area contributed by atoms with Gasteiger partial charge >= 0.3 is 5.97 Å². The van der Waals surface area contributed by atoms with Crippen molar-refractivity contribution < 1.29 is 23.0 Å². The van der Waals surface area contributed by atoms with Gasteiger partial charge in [-0.25, -0.2) is 13.6 Å². The number of nitrogens with zero attached hydrogens (tertiary/aromatic N) is 1. The highest BCUT2D eigenvalue weighted by Gasteiger charge is 2.34. The van der Waals surface area contributed by atoms with Crippen LogP contribution in [0.15, 0.2) is 72.1 Å². The number of hydrogen-bond acceptors (Lipinski definition) is 5. The van der Waals surface area contributed by atoms with Gasteiger partial charge in [-0.3, -0.25) is 0 Å². The third-order valence-corrected chi connectivity index (χ3v) is 5.10. The predicted molar refractivity (Wildman–Crippen MR) is 109 cm³/mol. The lowest BCUT2D eigenvalue weighted by atomic mass is 9.83. The molecule has 1 unspecified atom stereocenters. The van der Waals surface area contributed by atoms with E-state index >= 15 is 0 Å². The smallest absolute Gasteiger partial charge is 0.343 e. The van der Waals surface area contributed by atoms with Crippen molar-refractivity contribution >= 4 is 17.6 Å². The fourth-order valence-electron chi connectivity index (χ4n) is 3.33. The molecule has 154 valence electrons. The molecule has 1 aliphatic rings. The first-order chi connectivity index (χ1) is 14.9. The van der Waals surface area contributed by atoms with Crippen molar-refractivity contribution in [3.05, 3.63) is 105 Å². The van der Waals surface area contributed by atoms with Gasteiger partial charge in [-0.05, 0) is 42.5 Å². The first kappa shape index (κ1) is 20.4. The molecule has 0 aromatic heterocycles. The third kappa shape index (κ3) is 3.81. The number of halogens is 3. The molecule has 3 aromatic rings. The van der Waals surface area contributed by atoms with Crippen LogP contribution in [0.25, 0.3) is 0 Å². The lowest BCUT2D eigenvalue weighted by molar-refractivity contribution is 0.0734. The average molecular weight is 439 g/mol. The Labute approximate surface area is 180 Å². The molecule has 0 saturated heterocycles. The topological polar surface area (TPSA) is 85.3 Å². The number of carbonyl (C=O) groups excluding carboxylic acids is 1. The Bertz CT molecular complexity index is 1250. The predicted octanol–water partition coefficient (Wildman–Crippen LogP) is 5.06. The summed E-state index contributed by atoms with van der Waals surface area (Å²) in [5.74, 6) is -2.58. The molecule has 0 radical (unpaired) electrons. The number of nitriles is 1. The molecule has 2 N–H and O–H groups in total. The quantitative estimate of drug-likeness (QED) is 0.456. The molecule has 3 aromatic carbocycles. The summed E-state index contributed by atoms with van der Waals surface area (Å²) >= 11 is 6.23. The Kier molecular flexibility index (Phi) is 5.32. The summed E-state index contributed by atoms with van der Waals surface area (Å²) in [5.41, 5.74) is 6.60. The van der Waals surface area contributed by atoms with E-state index < -0.39 is 23.5 Å². The van der Waals surface area contributed by atoms with E-state index in [0.29, 0.717) is 5.56 Å². The van der Waals surface area contributed by atoms with Crippen molar-refractivity contribution in [2.45, 2.75) is 5.92 Å². The molecule has 0 saturated carbocycles. The average Bonchev–Trinajstić information content (AvgIpc) is 2.73. The molecule has 0 fully saturated rings. The number of ether oxygens (including phenoxy) is 2. The van der Waals surface area contributed by atoms with E-state index in [4.69, 9.17) is 26.8 Å². The monoisotopic (exact) mass is 438 g/mol. The summed E-state index contributed by atoms with van der Waals surface area (Å²) in [5, 5.41) is 9.72. The van der Waals surface area contributed by atoms with Crippen LogP contribution in [-0.4, -0.2) is 5.97 Å². The first-order valence-electron chi connectivity index (χ1n) is 9.02. The Morgan fingerprint density at radius 3 is 2.55 bits per heavy atom. The molecule has 8 heteroatoms. The molecule has 1 aliphatic heterocycles. The van der Waals surface area contributed by atoms with Crippen LogP contribution < -0.4 is 15.2 Å². The minimum Gasteiger partial charge on any atom is -0.440 e. The van der Waals surface area contributed by atoms with Gasteiger partial charge in [-0.2, -0.15) is 5.26 Å². The maximum absolute atomic E-state index is 14.6. The van der Waals surface area contributed by atoms with E-state index in [9.17, 15) is 18.8 Å². The zero-order valence-electron chi connectivity index (χ0n) is 15.7. The Morgan fingerprint density at radius 1 is 1.13 bits per heavy atom. The lowest BCUT2D eigenvalue weighted by Crippen LogP contribution is -2.22. The Balaban J connectivity index is 1.73. The Hall–Kier alpha value is -3.89. The van der Waals surface area contributed by atoms with Gasteiger partial charge in [0.15, 0.2) is 0 Å². The van der Waals surface area contributed by atoms with Crippen LogP contribution >= 0.6 is 11.6 Å². The van der Waals surface area contributed by atoms with E-state index in [1.807, 2.05) is 6.07 Å². The number of benzene rings is 3. The molecule has 0 aliphatic carbocycles. The van der Waals surface area contributed by atoms with Gasteiger partial charge in [0.25, 0.3) is 0 Å². The van der Waals surface area contributed by atoms with Crippen LogP contribution in [0, 0.1) is 23.0 Å². The minimum absolute atomic E-state index is 0.00977. The highest BCUT2D eigenvalue weighted by molar-refractivity contribution is 6.31. The second-order valence-electron chi connectivity index (χ2n) is 6.66. The van der Waals surface area contributed by atoms with Crippen molar-refractivity contribution in [2.75, 3.05) is 0 Å². The molecule has 0 bridgehead atoms. The molecule has 0 amide bonds. The van der Waals surface area contributed by atoms with Crippen molar-refractivity contribution in [2.24, 2.45) is 5.73 Å². The van der Waals surface area contributed by atoms with E-state index in [0.717, 1.165) is 12.1 Å². The van der Waals surface area contributed by atoms with Crippen molar-refractivity contribution in [1.29, 1.82) is 5.26 Å². The van der Waals surface area contributed by atoms with E-state index in [1.165, 1.54) is 42.5 Å². The number of fused-ring (bicyclic) bond motifs is 1. The molecule has 31 heavy (non-hydrogen) atoms. The summed E-state index contributed by atoms with van der Waals surface area (Å²) in [6.45, 7) is 0. The number of esters is 1. The minimum atomic E-state index is -0.899. The number of nitrogens with two attached hydrogens (primary N) is 1. The van der Waals surface area contributed by atoms with Crippen molar-refractivity contribution in [1.82, 2.24) is 0 Å². The molecule has 1 heterocycles. The standard InChI is InChI=1S/C23H13ClF2N2O3/c24-17-2-1-3-18(26)21(17)20-15-9-8-14(10-19(15)31-22(28)16(20)11-27)30-23(29)12-4-6-13(25)7-5-12/h1-10,20H,28H2. The zero-order chi connectivity index (χ0) is 22.1. The summed E-state index contributed by atoms with van der Waals surface area (Å²) in [6.07, 6.45) is 0. The van der Waals surface area contributed by atoms with Gasteiger partial charge in [0.1, 0.15) is 34.8 Å². The van der Waals surface area contributed by atoms with Crippen LogP contribution in [0.2, 0.25) is 5.02 Å². The van der Waals surface area contributed by atoms with Crippen molar-refractivity contribution in [3.63, 3.8) is 0 Å². The van der Waals surface area contributed by atoms with E-state index in [2.05, 4.69) is 0 Å². The number of rotatable bonds is 3. The summed E-state index contributed by atoms with van der Waals surface area (Å²) in [7, 11) is 0. The fourth-order valence-corrected chi connectivity index (χ4v) is 3.61. The van der Waals surface area contributed by atoms with Gasteiger partial charge in [-0.1, -0.05) is 23.7 Å². The fraction of sp³-hybridized carbons (Fsp3) is 0.0435. The number of hydrogen-bond donors (Lipinski definition) is 1. The summed E-state index contributed by atoms with van der Waals surface area (Å²) in [4.78, 5) is 12.3. The van der Waals surface area contributed by atoms with Crippen LogP contribution in [-0.2, 0) is 0 Å². The molecule has 1 atom stereocenters. The molecule has 0 spiro atoms. The molecular formula is C23H13ClF2N2O3. The van der Waals surface area contributed by atoms with Gasteiger partial charge < -0.3 is 15.2 Å². The van der Waals surface area contributed by atoms with Gasteiger partial charge in [0.2, 0.25) is 5.88 Å². The van der Waals surface area contributed by atoms with Crippen LogP contribution in [0.4, 0.5) is 8.78 Å². The number of carbonyl (C=O) groups is 1. The highest BCUT2D eigenvalue weighted by Crippen LogP contribution is 2.46. The normalized spacial score (nSPS) is 15.0. The molecular weight excluding hydrogens is 426 g/mol. The molecule has 5 nitrogen and oxygen atoms in total. The second kappa shape index (κ2) is 8.09. The van der Waals surface area contributed by atoms with Gasteiger partial charge in [0.05, 0.1) is 11.5 Å². The summed E-state index contributed by atoms with van der Waals surface area (Å²) < 4.78 is 38.6. The third-order valence-electron chi connectivity index (χ3n) is 4.77. The SMILES string of the molecule is N#CC1=C(N)Oc2cc(OC(=O)c3ccc(F)cc3)ccc2C1c1c(F)cccc1Cl. The lowest BCUT2D eigenvalue weighted by Gasteiger charge is -2.27. The van der Waals surface area contributed by atoms with Gasteiger partial charge in [-0.15, -0.1) is 0 Å². The van der Waals surface area contributed by atoms with E-state index in [1.54, 1.807) is 6.07 Å².